The van der Waals surface area contributed by atoms with Gasteiger partial charge in [0.1, 0.15) is 0 Å². The molecule has 0 radical (unpaired) electrons. The van der Waals surface area contributed by atoms with Crippen LogP contribution in [0.2, 0.25) is 0 Å². The van der Waals surface area contributed by atoms with Crippen LogP contribution in [0.3, 0.4) is 0 Å². The summed E-state index contributed by atoms with van der Waals surface area (Å²) in [6, 6.07) is 0. The second-order valence-corrected chi connectivity index (χ2v) is 2.80. The van der Waals surface area contributed by atoms with Gasteiger partial charge in [-0.2, -0.15) is 5.10 Å². The lowest BCUT2D eigenvalue weighted by atomic mass is 10.0. The molecule has 0 aliphatic carbocycles. The predicted molar refractivity (Wildman–Crippen MR) is 39.5 cm³/mol. The molecule has 1 aliphatic rings. The van der Waals surface area contributed by atoms with Crippen molar-refractivity contribution < 1.29 is 0 Å². The molecule has 2 heteroatoms. The van der Waals surface area contributed by atoms with Gasteiger partial charge in [-0.25, -0.2) is 0 Å². The van der Waals surface area contributed by atoms with E-state index in [0.29, 0.717) is 0 Å². The van der Waals surface area contributed by atoms with Crippen LogP contribution >= 0.6 is 0 Å². The smallest absolute Gasteiger partial charge is 0.0385 e. The molecule has 1 heterocycles. The third-order valence-corrected chi connectivity index (χ3v) is 1.84. The fourth-order valence-electron chi connectivity index (χ4n) is 1.29. The molecule has 1 rings (SSSR count). The van der Waals surface area contributed by atoms with Gasteiger partial charge in [0, 0.05) is 19.8 Å². The maximum Gasteiger partial charge on any atom is 0.0385 e. The molecule has 1 atom stereocenters. The van der Waals surface area contributed by atoms with Crippen molar-refractivity contribution in [3.05, 3.63) is 0 Å². The third-order valence-electron chi connectivity index (χ3n) is 1.84. The van der Waals surface area contributed by atoms with E-state index in [-0.39, 0.29) is 0 Å². The molecule has 9 heavy (non-hydrogen) atoms. The van der Waals surface area contributed by atoms with Crippen LogP contribution in [0.5, 0.6) is 0 Å². The first-order valence-electron chi connectivity index (χ1n) is 3.54. The minimum absolute atomic E-state index is 0.809. The highest BCUT2D eigenvalue weighted by Gasteiger charge is 2.12. The van der Waals surface area contributed by atoms with Gasteiger partial charge in [0.25, 0.3) is 0 Å². The van der Waals surface area contributed by atoms with Crippen molar-refractivity contribution in [3.63, 3.8) is 0 Å². The van der Waals surface area contributed by atoms with E-state index in [0.717, 1.165) is 19.0 Å². The SMILES string of the molecule is C=NN1CCC[C@H](C)C1. The van der Waals surface area contributed by atoms with E-state index in [1.807, 2.05) is 5.01 Å². The molecule has 0 bridgehead atoms. The van der Waals surface area contributed by atoms with Gasteiger partial charge in [-0.1, -0.05) is 6.92 Å². The molecule has 0 saturated carbocycles. The maximum absolute atomic E-state index is 3.88. The van der Waals surface area contributed by atoms with Crippen LogP contribution in [0, 0.1) is 5.92 Å². The summed E-state index contributed by atoms with van der Waals surface area (Å²) in [6.07, 6.45) is 2.63. The average Bonchev–Trinajstić information content (AvgIpc) is 1.88. The lowest BCUT2D eigenvalue weighted by Gasteiger charge is -2.27. The standard InChI is InChI=1S/C7H14N2/c1-7-4-3-5-9(6-7)8-2/h7H,2-6H2,1H3/t7-/m0/s1. The number of rotatable bonds is 1. The minimum Gasteiger partial charge on any atom is -0.297 e. The molecule has 0 unspecified atom stereocenters. The highest BCUT2D eigenvalue weighted by molar-refractivity contribution is 5.22. The maximum atomic E-state index is 3.88. The Hall–Kier alpha value is -0.530. The van der Waals surface area contributed by atoms with E-state index in [1.54, 1.807) is 0 Å². The fraction of sp³-hybridized carbons (Fsp3) is 0.857. The van der Waals surface area contributed by atoms with Crippen LogP contribution in [0.25, 0.3) is 0 Å². The zero-order chi connectivity index (χ0) is 6.69. The van der Waals surface area contributed by atoms with Gasteiger partial charge in [0.2, 0.25) is 0 Å². The van der Waals surface area contributed by atoms with E-state index in [4.69, 9.17) is 0 Å². The largest absolute Gasteiger partial charge is 0.297 e. The van der Waals surface area contributed by atoms with E-state index in [1.165, 1.54) is 12.8 Å². The Balaban J connectivity index is 2.31. The second-order valence-electron chi connectivity index (χ2n) is 2.80. The van der Waals surface area contributed by atoms with Gasteiger partial charge in [0.05, 0.1) is 0 Å². The van der Waals surface area contributed by atoms with Crippen LogP contribution in [-0.2, 0) is 0 Å². The Labute approximate surface area is 56.5 Å². The number of hydrogen-bond acceptors (Lipinski definition) is 2. The first-order chi connectivity index (χ1) is 4.33. The summed E-state index contributed by atoms with van der Waals surface area (Å²) in [6.45, 7) is 7.96. The zero-order valence-electron chi connectivity index (χ0n) is 6.01. The number of piperidine rings is 1. The van der Waals surface area contributed by atoms with Crippen molar-refractivity contribution in [2.45, 2.75) is 19.8 Å². The van der Waals surface area contributed by atoms with Crippen molar-refractivity contribution in [3.8, 4) is 0 Å². The lowest BCUT2D eigenvalue weighted by molar-refractivity contribution is 0.193. The molecule has 1 fully saturated rings. The van der Waals surface area contributed by atoms with Crippen molar-refractivity contribution in [2.24, 2.45) is 11.0 Å². The summed E-state index contributed by atoms with van der Waals surface area (Å²) in [7, 11) is 0. The van der Waals surface area contributed by atoms with Crippen LogP contribution in [0.1, 0.15) is 19.8 Å². The minimum atomic E-state index is 0.809. The van der Waals surface area contributed by atoms with Gasteiger partial charge in [0.15, 0.2) is 0 Å². The van der Waals surface area contributed by atoms with E-state index < -0.39 is 0 Å². The van der Waals surface area contributed by atoms with Gasteiger partial charge in [-0.15, -0.1) is 0 Å². The molecule has 2 nitrogen and oxygen atoms in total. The van der Waals surface area contributed by atoms with Gasteiger partial charge in [-0.3, -0.25) is 5.01 Å². The molecule has 52 valence electrons. The molecule has 0 aromatic carbocycles. The Bertz CT molecular complexity index is 101. The zero-order valence-corrected chi connectivity index (χ0v) is 6.01. The molecule has 1 saturated heterocycles. The van der Waals surface area contributed by atoms with Crippen LogP contribution in [0.4, 0.5) is 0 Å². The van der Waals surface area contributed by atoms with Crippen LogP contribution < -0.4 is 0 Å². The van der Waals surface area contributed by atoms with Crippen molar-refractivity contribution in [1.29, 1.82) is 0 Å². The number of nitrogens with zero attached hydrogens (tertiary/aromatic N) is 2. The third kappa shape index (κ3) is 1.70. The average molecular weight is 126 g/mol. The fourth-order valence-corrected chi connectivity index (χ4v) is 1.29. The van der Waals surface area contributed by atoms with Crippen LogP contribution in [-0.4, -0.2) is 24.8 Å². The molecular weight excluding hydrogens is 112 g/mol. The molecule has 1 aliphatic heterocycles. The molecule has 0 spiro atoms. The van der Waals surface area contributed by atoms with Crippen molar-refractivity contribution in [1.82, 2.24) is 5.01 Å². The summed E-state index contributed by atoms with van der Waals surface area (Å²) in [5, 5.41) is 5.93. The lowest BCUT2D eigenvalue weighted by Crippen LogP contribution is -2.29. The molecular formula is C7H14N2. The first-order valence-corrected chi connectivity index (χ1v) is 3.54. The van der Waals surface area contributed by atoms with Gasteiger partial charge in [-0.05, 0) is 18.8 Å². The molecule has 0 aromatic heterocycles. The summed E-state index contributed by atoms with van der Waals surface area (Å²) in [5.41, 5.74) is 0. The first kappa shape index (κ1) is 6.59. The topological polar surface area (TPSA) is 15.6 Å². The second kappa shape index (κ2) is 2.85. The van der Waals surface area contributed by atoms with Crippen molar-refractivity contribution >= 4 is 6.72 Å². The van der Waals surface area contributed by atoms with Crippen LogP contribution in [0.15, 0.2) is 5.10 Å². The Morgan fingerprint density at radius 3 is 2.89 bits per heavy atom. The summed E-state index contributed by atoms with van der Waals surface area (Å²) in [5.74, 6) is 0.809. The van der Waals surface area contributed by atoms with E-state index >= 15 is 0 Å². The Morgan fingerprint density at radius 2 is 2.44 bits per heavy atom. The monoisotopic (exact) mass is 126 g/mol. The normalized spacial score (nSPS) is 28.1. The van der Waals surface area contributed by atoms with E-state index in [2.05, 4.69) is 18.7 Å². The molecule has 0 amide bonds. The number of hydrazone groups is 1. The quantitative estimate of drug-likeness (QED) is 0.484. The molecule has 0 aromatic rings. The van der Waals surface area contributed by atoms with Gasteiger partial charge < -0.3 is 0 Å². The summed E-state index contributed by atoms with van der Waals surface area (Å²) >= 11 is 0. The van der Waals surface area contributed by atoms with E-state index in [9.17, 15) is 0 Å². The summed E-state index contributed by atoms with van der Waals surface area (Å²) in [4.78, 5) is 0. The summed E-state index contributed by atoms with van der Waals surface area (Å²) < 4.78 is 0. The molecule has 0 N–H and O–H groups in total. The van der Waals surface area contributed by atoms with Crippen molar-refractivity contribution in [2.75, 3.05) is 13.1 Å². The Morgan fingerprint density at radius 1 is 1.67 bits per heavy atom. The van der Waals surface area contributed by atoms with Gasteiger partial charge >= 0.3 is 0 Å². The highest BCUT2D eigenvalue weighted by atomic mass is 15.4. The predicted octanol–water partition coefficient (Wildman–Crippen LogP) is 1.33. The number of hydrogen-bond donors (Lipinski definition) is 0. The Kier molecular flexibility index (Phi) is 2.09. The highest BCUT2D eigenvalue weighted by Crippen LogP contribution is 2.14.